The van der Waals surface area contributed by atoms with Gasteiger partial charge in [-0.3, -0.25) is 0 Å². The summed E-state index contributed by atoms with van der Waals surface area (Å²) in [5, 5.41) is 0. The predicted molar refractivity (Wildman–Crippen MR) is 211 cm³/mol. The van der Waals surface area contributed by atoms with Crippen molar-refractivity contribution in [1.29, 1.82) is 0 Å². The summed E-state index contributed by atoms with van der Waals surface area (Å²) in [5.41, 5.74) is 13.1. The fraction of sp³-hybridized carbons (Fsp3) is 0.289. The van der Waals surface area contributed by atoms with Crippen LogP contribution in [0.15, 0.2) is 131 Å². The van der Waals surface area contributed by atoms with E-state index in [1.54, 1.807) is 0 Å². The van der Waals surface area contributed by atoms with E-state index >= 15 is 0 Å². The Kier molecular flexibility index (Phi) is 9.11. The Morgan fingerprint density at radius 3 is 1.22 bits per heavy atom. The second kappa shape index (κ2) is 13.5. The molecule has 2 heterocycles. The van der Waals surface area contributed by atoms with Crippen molar-refractivity contribution in [2.75, 3.05) is 14.7 Å². The lowest BCUT2D eigenvalue weighted by atomic mass is 9.90. The molecule has 0 amide bonds. The summed E-state index contributed by atoms with van der Waals surface area (Å²) in [6.45, 7) is 18.6. The van der Waals surface area contributed by atoms with Gasteiger partial charge in [-0.05, 0) is 87.9 Å². The fourth-order valence-corrected chi connectivity index (χ4v) is 8.61. The van der Waals surface area contributed by atoms with E-state index in [4.69, 9.17) is 0 Å². The lowest BCUT2D eigenvalue weighted by Crippen LogP contribution is -2.33. The maximum Gasteiger partial charge on any atom is 0.136 e. The van der Waals surface area contributed by atoms with Gasteiger partial charge < -0.3 is 14.7 Å². The Morgan fingerprint density at radius 1 is 0.449 bits per heavy atom. The number of hydrogen-bond acceptors (Lipinski definition) is 4. The van der Waals surface area contributed by atoms with Crippen LogP contribution in [0.5, 0.6) is 0 Å². The maximum absolute atomic E-state index is 2.56. The van der Waals surface area contributed by atoms with Crippen molar-refractivity contribution in [3.63, 3.8) is 0 Å². The Labute approximate surface area is 298 Å². The van der Waals surface area contributed by atoms with Crippen molar-refractivity contribution in [2.45, 2.75) is 95.0 Å². The van der Waals surface area contributed by atoms with Crippen LogP contribution in [0, 0.1) is 0 Å². The highest BCUT2D eigenvalue weighted by molar-refractivity contribution is 7.99. The summed E-state index contributed by atoms with van der Waals surface area (Å²) >= 11 is 1.85. The third kappa shape index (κ3) is 5.95. The first-order valence-electron chi connectivity index (χ1n) is 17.9. The van der Waals surface area contributed by atoms with Crippen LogP contribution in [-0.2, 0) is 0 Å². The van der Waals surface area contributed by atoms with Crippen LogP contribution in [0.1, 0.15) is 113 Å². The average Bonchev–Trinajstić information content (AvgIpc) is 3.54. The molecule has 0 saturated carbocycles. The molecule has 0 fully saturated rings. The Hall–Kier alpha value is -4.41. The first-order valence-corrected chi connectivity index (χ1v) is 18.7. The number of benzene rings is 5. The van der Waals surface area contributed by atoms with Crippen LogP contribution >= 0.6 is 11.8 Å². The van der Waals surface area contributed by atoms with Crippen molar-refractivity contribution in [2.24, 2.45) is 0 Å². The van der Waals surface area contributed by atoms with Crippen molar-refractivity contribution in [1.82, 2.24) is 0 Å². The minimum atomic E-state index is -0.0414. The zero-order valence-electron chi connectivity index (χ0n) is 30.2. The average molecular weight is 664 g/mol. The van der Waals surface area contributed by atoms with Gasteiger partial charge in [-0.15, -0.1) is 0 Å². The van der Waals surface area contributed by atoms with Gasteiger partial charge in [0.1, 0.15) is 6.17 Å². The minimum Gasteiger partial charge on any atom is -0.321 e. The SMILES string of the molecule is CC(C)c1cccc(C(C)C)c1N1C=CN(c2c(C(C)C)cccc2C(C)C)C1c1ccc(N2c3ccccc3Sc3ccccc32)cc1. The minimum absolute atomic E-state index is 0.0414. The zero-order chi connectivity index (χ0) is 34.4. The topological polar surface area (TPSA) is 9.72 Å². The highest BCUT2D eigenvalue weighted by atomic mass is 32.2. The van der Waals surface area contributed by atoms with Crippen molar-refractivity contribution in [3.8, 4) is 0 Å². The van der Waals surface area contributed by atoms with Crippen molar-refractivity contribution < 1.29 is 0 Å². The molecule has 2 aliphatic heterocycles. The van der Waals surface area contributed by atoms with Gasteiger partial charge in [-0.1, -0.05) is 140 Å². The molecule has 0 atom stereocenters. The first-order chi connectivity index (χ1) is 23.7. The van der Waals surface area contributed by atoms with Gasteiger partial charge in [-0.25, -0.2) is 0 Å². The van der Waals surface area contributed by atoms with Crippen LogP contribution in [0.2, 0.25) is 0 Å². The summed E-state index contributed by atoms with van der Waals surface area (Å²) in [6.07, 6.45) is 4.63. The normalized spacial score (nSPS) is 14.5. The van der Waals surface area contributed by atoms with Crippen LogP contribution in [0.4, 0.5) is 28.4 Å². The number of fused-ring (bicyclic) bond motifs is 2. The summed E-state index contributed by atoms with van der Waals surface area (Å²) in [6, 6.07) is 40.7. The molecule has 49 heavy (non-hydrogen) atoms. The quantitative estimate of drug-likeness (QED) is 0.160. The van der Waals surface area contributed by atoms with Crippen molar-refractivity contribution in [3.05, 3.63) is 149 Å². The van der Waals surface area contributed by atoms with Gasteiger partial charge in [0.15, 0.2) is 0 Å². The molecule has 0 saturated heterocycles. The summed E-state index contributed by atoms with van der Waals surface area (Å²) < 4.78 is 0. The number of nitrogens with zero attached hydrogens (tertiary/aromatic N) is 3. The predicted octanol–water partition coefficient (Wildman–Crippen LogP) is 13.6. The number of hydrogen-bond donors (Lipinski definition) is 0. The molecule has 0 unspecified atom stereocenters. The molecular formula is C45H49N3S. The molecule has 7 rings (SSSR count). The monoisotopic (exact) mass is 663 g/mol. The largest absolute Gasteiger partial charge is 0.321 e. The van der Waals surface area contributed by atoms with Crippen LogP contribution in [0.3, 0.4) is 0 Å². The van der Waals surface area contributed by atoms with E-state index in [0.717, 1.165) is 0 Å². The molecule has 2 aliphatic rings. The Balaban J connectivity index is 1.41. The molecule has 0 aliphatic carbocycles. The second-order valence-corrected chi connectivity index (χ2v) is 15.7. The number of rotatable bonds is 8. The van der Waals surface area contributed by atoms with Gasteiger partial charge in [0, 0.05) is 39.3 Å². The van der Waals surface area contributed by atoms with Gasteiger partial charge in [-0.2, -0.15) is 0 Å². The van der Waals surface area contributed by atoms with Crippen LogP contribution in [-0.4, -0.2) is 0 Å². The molecule has 3 nitrogen and oxygen atoms in total. The maximum atomic E-state index is 2.56. The highest BCUT2D eigenvalue weighted by Gasteiger charge is 2.36. The van der Waals surface area contributed by atoms with Gasteiger partial charge in [0.05, 0.1) is 11.4 Å². The lowest BCUT2D eigenvalue weighted by molar-refractivity contribution is 0.701. The molecule has 250 valence electrons. The van der Waals surface area contributed by atoms with Gasteiger partial charge in [0.2, 0.25) is 0 Å². The molecule has 0 spiro atoms. The molecule has 4 heteroatoms. The van der Waals surface area contributed by atoms with Crippen LogP contribution < -0.4 is 14.7 Å². The summed E-state index contributed by atoms with van der Waals surface area (Å²) in [7, 11) is 0. The molecule has 5 aromatic carbocycles. The molecule has 0 N–H and O–H groups in total. The van der Waals surface area contributed by atoms with Crippen LogP contribution in [0.25, 0.3) is 0 Å². The zero-order valence-corrected chi connectivity index (χ0v) is 31.0. The van der Waals surface area contributed by atoms with E-state index in [2.05, 4.69) is 192 Å². The Morgan fingerprint density at radius 2 is 0.837 bits per heavy atom. The Bertz CT molecular complexity index is 1820. The van der Waals surface area contributed by atoms with E-state index in [-0.39, 0.29) is 6.17 Å². The van der Waals surface area contributed by atoms with Crippen molar-refractivity contribution >= 4 is 40.2 Å². The third-order valence-electron chi connectivity index (χ3n) is 10.00. The smallest absolute Gasteiger partial charge is 0.136 e. The van der Waals surface area contributed by atoms with E-state index in [0.29, 0.717) is 23.7 Å². The molecule has 0 aromatic heterocycles. The molecule has 5 aromatic rings. The van der Waals surface area contributed by atoms with E-state index in [9.17, 15) is 0 Å². The molecular weight excluding hydrogens is 615 g/mol. The highest BCUT2D eigenvalue weighted by Crippen LogP contribution is 2.52. The van der Waals surface area contributed by atoms with E-state index < -0.39 is 0 Å². The lowest BCUT2D eigenvalue weighted by Gasteiger charge is -2.39. The number of anilines is 5. The summed E-state index contributed by atoms with van der Waals surface area (Å²) in [4.78, 5) is 10.1. The first kappa shape index (κ1) is 33.1. The standard InChI is InChI=1S/C45H49N3S/c1-29(2)35-15-13-16-36(30(3)4)43(35)46-27-28-47(44-37(31(5)6)17-14-18-38(44)32(7)8)45(46)33-23-25-34(26-24-33)48-39-19-9-11-21-41(39)49-42-22-12-10-20-40(42)48/h9-32,45H,1-8H3. The van der Waals surface area contributed by atoms with E-state index in [1.165, 1.54) is 66.0 Å². The molecule has 0 radical (unpaired) electrons. The number of para-hydroxylation sites is 4. The van der Waals surface area contributed by atoms with E-state index in [1.807, 2.05) is 11.8 Å². The van der Waals surface area contributed by atoms with Gasteiger partial charge >= 0.3 is 0 Å². The van der Waals surface area contributed by atoms with Gasteiger partial charge in [0.25, 0.3) is 0 Å². The summed E-state index contributed by atoms with van der Waals surface area (Å²) in [5.74, 6) is 1.58. The fourth-order valence-electron chi connectivity index (χ4n) is 7.55. The molecule has 0 bridgehead atoms. The second-order valence-electron chi connectivity index (χ2n) is 14.6. The third-order valence-corrected chi connectivity index (χ3v) is 11.1.